The van der Waals surface area contributed by atoms with Gasteiger partial charge in [0.25, 0.3) is 11.5 Å². The maximum Gasteiger partial charge on any atom is 0.276 e. The average molecular weight is 417 g/mol. The fraction of sp³-hybridized carbons (Fsp3) is 0.286. The van der Waals surface area contributed by atoms with E-state index in [1.54, 1.807) is 48.5 Å². The number of fused-ring (bicyclic) bond motifs is 1. The molecule has 1 amide bonds. The molecule has 2 aromatic carbocycles. The van der Waals surface area contributed by atoms with E-state index in [-0.39, 0.29) is 35.5 Å². The van der Waals surface area contributed by atoms with Crippen LogP contribution < -0.4 is 21.3 Å². The highest BCUT2D eigenvalue weighted by Crippen LogP contribution is 2.18. The number of hydrogen-bond acceptors (Lipinski definition) is 5. The van der Waals surface area contributed by atoms with Gasteiger partial charge in [-0.1, -0.05) is 32.0 Å². The molecule has 0 bridgehead atoms. The fourth-order valence-electron chi connectivity index (χ4n) is 2.87. The van der Waals surface area contributed by atoms with Crippen LogP contribution in [0.15, 0.2) is 53.3 Å². The molecule has 0 fully saturated rings. The van der Waals surface area contributed by atoms with Crippen LogP contribution in [0, 0.1) is 5.92 Å². The first kappa shape index (κ1) is 22.4. The second kappa shape index (κ2) is 10.0. The van der Waals surface area contributed by atoms with Gasteiger partial charge in [-0.3, -0.25) is 9.59 Å². The summed E-state index contributed by atoms with van der Waals surface area (Å²) in [7, 11) is 0. The maximum atomic E-state index is 12.9. The third kappa shape index (κ3) is 5.34. The number of nitrogens with zero attached hydrogens (tertiary/aromatic N) is 2. The Kier molecular flexibility index (Phi) is 7.75. The molecule has 0 spiro atoms. The van der Waals surface area contributed by atoms with Crippen LogP contribution >= 0.6 is 12.4 Å². The number of amides is 1. The van der Waals surface area contributed by atoms with Crippen molar-refractivity contribution in [2.75, 3.05) is 18.5 Å². The molecule has 0 aliphatic heterocycles. The largest absolute Gasteiger partial charge is 0.492 e. The Bertz CT molecular complexity index is 1030. The summed E-state index contributed by atoms with van der Waals surface area (Å²) in [6.07, 6.45) is 0. The SMILES string of the molecule is CC(C)Cn1nc(C(=O)Nc2ccc(OCCN)cc2)c2ccccc2c1=O.Cl. The number of rotatable bonds is 7. The lowest BCUT2D eigenvalue weighted by atomic mass is 10.1. The van der Waals surface area contributed by atoms with Crippen molar-refractivity contribution in [3.63, 3.8) is 0 Å². The molecule has 0 aliphatic carbocycles. The Balaban J connectivity index is 0.00000300. The molecule has 8 heteroatoms. The standard InChI is InChI=1S/C21H24N4O3.ClH/c1-14(2)13-25-21(27)18-6-4-3-5-17(18)19(24-25)20(26)23-15-7-9-16(10-8-15)28-12-11-22;/h3-10,14H,11-13,22H2,1-2H3,(H,23,26);1H. The Hall–Kier alpha value is -2.90. The molecule has 0 unspecified atom stereocenters. The minimum Gasteiger partial charge on any atom is -0.492 e. The summed E-state index contributed by atoms with van der Waals surface area (Å²) in [5.74, 6) is 0.533. The van der Waals surface area contributed by atoms with Crippen LogP contribution in [0.4, 0.5) is 5.69 Å². The summed E-state index contributed by atoms with van der Waals surface area (Å²) in [5, 5.41) is 8.20. The highest BCUT2D eigenvalue weighted by Gasteiger charge is 2.17. The minimum absolute atomic E-state index is 0. The van der Waals surface area contributed by atoms with E-state index in [0.29, 0.717) is 41.9 Å². The van der Waals surface area contributed by atoms with Crippen LogP contribution in [0.5, 0.6) is 5.75 Å². The van der Waals surface area contributed by atoms with Crippen LogP contribution in [0.2, 0.25) is 0 Å². The Morgan fingerprint density at radius 2 is 1.79 bits per heavy atom. The van der Waals surface area contributed by atoms with E-state index in [0.717, 1.165) is 0 Å². The quantitative estimate of drug-likeness (QED) is 0.616. The maximum absolute atomic E-state index is 12.9. The zero-order chi connectivity index (χ0) is 20.1. The number of nitrogens with two attached hydrogens (primary N) is 1. The summed E-state index contributed by atoms with van der Waals surface area (Å²) in [6.45, 7) is 5.30. The van der Waals surface area contributed by atoms with Gasteiger partial charge < -0.3 is 15.8 Å². The summed E-state index contributed by atoms with van der Waals surface area (Å²) in [5.41, 5.74) is 6.06. The summed E-state index contributed by atoms with van der Waals surface area (Å²) < 4.78 is 6.80. The summed E-state index contributed by atoms with van der Waals surface area (Å²) in [4.78, 5) is 25.6. The molecule has 0 atom stereocenters. The van der Waals surface area contributed by atoms with E-state index in [1.807, 2.05) is 13.8 Å². The smallest absolute Gasteiger partial charge is 0.276 e. The zero-order valence-electron chi connectivity index (χ0n) is 16.4. The number of ether oxygens (including phenoxy) is 1. The predicted molar refractivity (Wildman–Crippen MR) is 117 cm³/mol. The lowest BCUT2D eigenvalue weighted by Crippen LogP contribution is -2.29. The molecule has 7 nitrogen and oxygen atoms in total. The predicted octanol–water partition coefficient (Wildman–Crippen LogP) is 3.06. The monoisotopic (exact) mass is 416 g/mol. The Morgan fingerprint density at radius 1 is 1.14 bits per heavy atom. The van der Waals surface area contributed by atoms with Crippen molar-refractivity contribution < 1.29 is 9.53 Å². The molecule has 1 heterocycles. The van der Waals surface area contributed by atoms with Crippen molar-refractivity contribution in [2.45, 2.75) is 20.4 Å². The Morgan fingerprint density at radius 3 is 2.41 bits per heavy atom. The third-order valence-electron chi connectivity index (χ3n) is 4.12. The number of nitrogens with one attached hydrogen (secondary N) is 1. The van der Waals surface area contributed by atoms with Gasteiger partial charge in [-0.05, 0) is 36.2 Å². The van der Waals surface area contributed by atoms with E-state index < -0.39 is 0 Å². The number of carbonyl (C=O) groups excluding carboxylic acids is 1. The second-order valence-corrected chi connectivity index (χ2v) is 6.89. The van der Waals surface area contributed by atoms with Crippen LogP contribution in [-0.2, 0) is 6.54 Å². The van der Waals surface area contributed by atoms with E-state index >= 15 is 0 Å². The van der Waals surface area contributed by atoms with E-state index in [2.05, 4.69) is 10.4 Å². The molecule has 3 rings (SSSR count). The highest BCUT2D eigenvalue weighted by molar-refractivity contribution is 6.11. The van der Waals surface area contributed by atoms with Crippen molar-refractivity contribution in [1.82, 2.24) is 9.78 Å². The molecule has 3 aromatic rings. The first-order valence-electron chi connectivity index (χ1n) is 9.23. The minimum atomic E-state index is -0.371. The Labute approximate surface area is 175 Å². The molecule has 1 aromatic heterocycles. The molecule has 0 saturated carbocycles. The van der Waals surface area contributed by atoms with E-state index in [1.165, 1.54) is 4.68 Å². The van der Waals surface area contributed by atoms with Gasteiger partial charge in [0.05, 0.1) is 5.39 Å². The van der Waals surface area contributed by atoms with E-state index in [4.69, 9.17) is 10.5 Å². The normalized spacial score (nSPS) is 10.6. The molecule has 29 heavy (non-hydrogen) atoms. The summed E-state index contributed by atoms with van der Waals surface area (Å²) >= 11 is 0. The van der Waals surface area contributed by atoms with Gasteiger partial charge in [0.2, 0.25) is 0 Å². The number of halogens is 1. The molecule has 0 radical (unpaired) electrons. The van der Waals surface area contributed by atoms with Crippen LogP contribution in [0.25, 0.3) is 10.8 Å². The van der Waals surface area contributed by atoms with Gasteiger partial charge in [0.15, 0.2) is 5.69 Å². The van der Waals surface area contributed by atoms with Gasteiger partial charge >= 0.3 is 0 Å². The zero-order valence-corrected chi connectivity index (χ0v) is 17.2. The molecular formula is C21H25ClN4O3. The first-order chi connectivity index (χ1) is 13.5. The number of anilines is 1. The van der Waals surface area contributed by atoms with Crippen molar-refractivity contribution in [3.8, 4) is 5.75 Å². The van der Waals surface area contributed by atoms with Crippen molar-refractivity contribution in [2.24, 2.45) is 11.7 Å². The van der Waals surface area contributed by atoms with Crippen LogP contribution in [-0.4, -0.2) is 28.8 Å². The number of carbonyl (C=O) groups is 1. The molecular weight excluding hydrogens is 392 g/mol. The van der Waals surface area contributed by atoms with Gasteiger partial charge in [0.1, 0.15) is 12.4 Å². The van der Waals surface area contributed by atoms with Crippen LogP contribution in [0.3, 0.4) is 0 Å². The third-order valence-corrected chi connectivity index (χ3v) is 4.12. The summed E-state index contributed by atoms with van der Waals surface area (Å²) in [6, 6.07) is 14.0. The van der Waals surface area contributed by atoms with Crippen LogP contribution in [0.1, 0.15) is 24.3 Å². The van der Waals surface area contributed by atoms with Crippen molar-refractivity contribution in [3.05, 3.63) is 64.6 Å². The lowest BCUT2D eigenvalue weighted by Gasteiger charge is -2.13. The van der Waals surface area contributed by atoms with Gasteiger partial charge in [-0.2, -0.15) is 5.10 Å². The lowest BCUT2D eigenvalue weighted by molar-refractivity contribution is 0.102. The van der Waals surface area contributed by atoms with E-state index in [9.17, 15) is 9.59 Å². The molecule has 0 saturated heterocycles. The second-order valence-electron chi connectivity index (χ2n) is 6.89. The molecule has 154 valence electrons. The van der Waals surface area contributed by atoms with Crippen molar-refractivity contribution >= 4 is 34.8 Å². The molecule has 3 N–H and O–H groups in total. The highest BCUT2D eigenvalue weighted by atomic mass is 35.5. The van der Waals surface area contributed by atoms with Gasteiger partial charge in [-0.25, -0.2) is 4.68 Å². The molecule has 0 aliphatic rings. The van der Waals surface area contributed by atoms with Gasteiger partial charge in [0, 0.05) is 24.2 Å². The first-order valence-corrected chi connectivity index (χ1v) is 9.23. The van der Waals surface area contributed by atoms with Crippen molar-refractivity contribution in [1.29, 1.82) is 0 Å². The average Bonchev–Trinajstić information content (AvgIpc) is 2.69. The number of hydrogen-bond donors (Lipinski definition) is 2. The fourth-order valence-corrected chi connectivity index (χ4v) is 2.87. The van der Waals surface area contributed by atoms with Gasteiger partial charge in [-0.15, -0.1) is 12.4 Å². The number of aromatic nitrogens is 2. The number of benzene rings is 2. The topological polar surface area (TPSA) is 99.2 Å².